The Morgan fingerprint density at radius 2 is 1.28 bits per heavy atom. The molecule has 0 atom stereocenters. The van der Waals surface area contributed by atoms with Gasteiger partial charge in [-0.25, -0.2) is 13.2 Å². The Kier molecular flexibility index (Phi) is 5.15. The van der Waals surface area contributed by atoms with Crippen LogP contribution < -0.4 is 4.74 Å². The van der Waals surface area contributed by atoms with Gasteiger partial charge in [-0.05, 0) is 16.5 Å². The fourth-order valence-electron chi connectivity index (χ4n) is 2.11. The van der Waals surface area contributed by atoms with Gasteiger partial charge in [-0.2, -0.15) is 8.78 Å². The molecule has 2 aromatic rings. The predicted octanol–water partition coefficient (Wildman–Crippen LogP) is 4.83. The Labute approximate surface area is 141 Å². The van der Waals surface area contributed by atoms with Gasteiger partial charge in [-0.1, -0.05) is 45.0 Å². The third kappa shape index (κ3) is 3.97. The minimum atomic E-state index is -2.31. The van der Waals surface area contributed by atoms with Gasteiger partial charge in [0.15, 0.2) is 0 Å². The number of hydrogen-bond acceptors (Lipinski definition) is 2. The Morgan fingerprint density at radius 1 is 0.840 bits per heavy atom. The first kappa shape index (κ1) is 18.9. The predicted molar refractivity (Wildman–Crippen MR) is 80.7 cm³/mol. The number of halogens is 5. The van der Waals surface area contributed by atoms with E-state index in [1.165, 1.54) is 0 Å². The van der Waals surface area contributed by atoms with Crippen molar-refractivity contribution >= 4 is 5.97 Å². The van der Waals surface area contributed by atoms with Gasteiger partial charge in [0, 0.05) is 0 Å². The quantitative estimate of drug-likeness (QED) is 0.258. The van der Waals surface area contributed by atoms with E-state index in [0.717, 1.165) is 5.56 Å². The van der Waals surface area contributed by atoms with Crippen LogP contribution in [-0.2, 0) is 16.6 Å². The average molecular weight is 358 g/mol. The minimum Gasteiger partial charge on any atom is -0.420 e. The van der Waals surface area contributed by atoms with E-state index < -0.39 is 40.8 Å². The van der Waals surface area contributed by atoms with E-state index in [0.29, 0.717) is 5.56 Å². The fraction of sp³-hybridized carbons (Fsp3) is 0.278. The second-order valence-electron chi connectivity index (χ2n) is 6.50. The number of carbonyl (C=O) groups is 1. The van der Waals surface area contributed by atoms with Crippen molar-refractivity contribution in [1.29, 1.82) is 0 Å². The van der Waals surface area contributed by atoms with Crippen molar-refractivity contribution in [2.45, 2.75) is 32.6 Å². The average Bonchev–Trinajstić information content (AvgIpc) is 2.55. The number of benzene rings is 2. The molecule has 0 heterocycles. The van der Waals surface area contributed by atoms with E-state index in [4.69, 9.17) is 0 Å². The topological polar surface area (TPSA) is 26.3 Å². The molecule has 25 heavy (non-hydrogen) atoms. The second-order valence-corrected chi connectivity index (χ2v) is 6.50. The fourth-order valence-corrected chi connectivity index (χ4v) is 2.11. The summed E-state index contributed by atoms with van der Waals surface area (Å²) in [5, 5.41) is 0. The molecule has 0 amide bonds. The maximum absolute atomic E-state index is 13.5. The molecule has 0 fully saturated rings. The summed E-state index contributed by atoms with van der Waals surface area (Å²) >= 11 is 0. The summed E-state index contributed by atoms with van der Waals surface area (Å²) in [6.07, 6.45) is -0.385. The minimum absolute atomic E-state index is 0.103. The van der Waals surface area contributed by atoms with Crippen LogP contribution in [0.2, 0.25) is 0 Å². The third-order valence-electron chi connectivity index (χ3n) is 3.55. The summed E-state index contributed by atoms with van der Waals surface area (Å²) in [5.74, 6) is -13.8. The highest BCUT2D eigenvalue weighted by Crippen LogP contribution is 2.29. The van der Waals surface area contributed by atoms with Gasteiger partial charge in [0.1, 0.15) is 0 Å². The number of rotatable bonds is 3. The highest BCUT2D eigenvalue weighted by atomic mass is 19.2. The number of esters is 1. The lowest BCUT2D eigenvalue weighted by Crippen LogP contribution is -2.16. The van der Waals surface area contributed by atoms with Crippen molar-refractivity contribution in [3.8, 4) is 5.75 Å². The largest absolute Gasteiger partial charge is 0.420 e. The Bertz CT molecular complexity index is 779. The maximum Gasteiger partial charge on any atom is 0.315 e. The second kappa shape index (κ2) is 6.82. The zero-order valence-electron chi connectivity index (χ0n) is 13.7. The highest BCUT2D eigenvalue weighted by molar-refractivity contribution is 5.75. The molecule has 0 aliphatic heterocycles. The molecule has 2 nitrogen and oxygen atoms in total. The molecule has 2 rings (SSSR count). The van der Waals surface area contributed by atoms with E-state index >= 15 is 0 Å². The van der Waals surface area contributed by atoms with Crippen LogP contribution in [-0.4, -0.2) is 5.97 Å². The van der Waals surface area contributed by atoms with Crippen LogP contribution in [0, 0.1) is 29.1 Å². The van der Waals surface area contributed by atoms with E-state index in [2.05, 4.69) is 4.74 Å². The summed E-state index contributed by atoms with van der Waals surface area (Å²) in [7, 11) is 0. The summed E-state index contributed by atoms with van der Waals surface area (Å²) in [6, 6.07) is 6.81. The van der Waals surface area contributed by atoms with Crippen molar-refractivity contribution < 1.29 is 31.5 Å². The van der Waals surface area contributed by atoms with Crippen LogP contribution in [0.15, 0.2) is 24.3 Å². The lowest BCUT2D eigenvalue weighted by Gasteiger charge is -2.19. The zero-order chi connectivity index (χ0) is 18.9. The highest BCUT2D eigenvalue weighted by Gasteiger charge is 2.28. The number of hydrogen-bond donors (Lipinski definition) is 0. The van der Waals surface area contributed by atoms with Gasteiger partial charge in [-0.3, -0.25) is 4.79 Å². The summed E-state index contributed by atoms with van der Waals surface area (Å²) in [6.45, 7) is 6.00. The SMILES string of the molecule is CC(C)(C)c1ccc(CC(=O)Oc2c(F)c(F)c(F)c(F)c2F)cc1. The molecule has 7 heteroatoms. The van der Waals surface area contributed by atoms with Gasteiger partial charge >= 0.3 is 5.97 Å². The van der Waals surface area contributed by atoms with E-state index in [1.807, 2.05) is 20.8 Å². The van der Waals surface area contributed by atoms with Crippen molar-refractivity contribution in [3.05, 3.63) is 64.5 Å². The van der Waals surface area contributed by atoms with Gasteiger partial charge in [0.05, 0.1) is 6.42 Å². The zero-order valence-corrected chi connectivity index (χ0v) is 13.7. The molecule has 0 bridgehead atoms. The monoisotopic (exact) mass is 358 g/mol. The Hall–Kier alpha value is -2.44. The van der Waals surface area contributed by atoms with E-state index in [-0.39, 0.29) is 11.8 Å². The van der Waals surface area contributed by atoms with Crippen molar-refractivity contribution in [2.24, 2.45) is 0 Å². The molecule has 134 valence electrons. The van der Waals surface area contributed by atoms with Crippen molar-refractivity contribution in [1.82, 2.24) is 0 Å². The molecule has 0 aliphatic rings. The molecule has 0 aromatic heterocycles. The van der Waals surface area contributed by atoms with Crippen LogP contribution >= 0.6 is 0 Å². The summed E-state index contributed by atoms with van der Waals surface area (Å²) in [4.78, 5) is 11.8. The smallest absolute Gasteiger partial charge is 0.315 e. The van der Waals surface area contributed by atoms with Crippen molar-refractivity contribution in [2.75, 3.05) is 0 Å². The molecule has 2 aromatic carbocycles. The third-order valence-corrected chi connectivity index (χ3v) is 3.55. The van der Waals surface area contributed by atoms with Crippen LogP contribution in [0.1, 0.15) is 31.9 Å². The molecule has 0 radical (unpaired) electrons. The molecule has 0 saturated heterocycles. The number of carbonyl (C=O) groups excluding carboxylic acids is 1. The molecule has 0 saturated carbocycles. The lowest BCUT2D eigenvalue weighted by atomic mass is 9.86. The normalized spacial score (nSPS) is 11.5. The molecule has 0 spiro atoms. The first-order chi connectivity index (χ1) is 11.5. The lowest BCUT2D eigenvalue weighted by molar-refractivity contribution is -0.134. The Balaban J connectivity index is 2.19. The first-order valence-corrected chi connectivity index (χ1v) is 7.34. The van der Waals surface area contributed by atoms with Crippen molar-refractivity contribution in [3.63, 3.8) is 0 Å². The number of ether oxygens (including phenoxy) is 1. The molecule has 0 N–H and O–H groups in total. The Morgan fingerprint density at radius 3 is 1.72 bits per heavy atom. The van der Waals surface area contributed by atoms with Crippen LogP contribution in [0.4, 0.5) is 22.0 Å². The first-order valence-electron chi connectivity index (χ1n) is 7.34. The van der Waals surface area contributed by atoms with Gasteiger partial charge < -0.3 is 4.74 Å². The molecule has 0 aliphatic carbocycles. The molecule has 0 unspecified atom stereocenters. The summed E-state index contributed by atoms with van der Waals surface area (Å²) < 4.78 is 70.4. The molecular weight excluding hydrogens is 343 g/mol. The van der Waals surface area contributed by atoms with Crippen LogP contribution in [0.25, 0.3) is 0 Å². The summed E-state index contributed by atoms with van der Waals surface area (Å²) in [5.41, 5.74) is 1.38. The molecular formula is C18H15F5O2. The van der Waals surface area contributed by atoms with Crippen LogP contribution in [0.3, 0.4) is 0 Å². The van der Waals surface area contributed by atoms with Gasteiger partial charge in [-0.15, -0.1) is 0 Å². The van der Waals surface area contributed by atoms with Gasteiger partial charge in [0.25, 0.3) is 0 Å². The van der Waals surface area contributed by atoms with E-state index in [9.17, 15) is 26.7 Å². The standard InChI is InChI=1S/C18H15F5O2/c1-18(2,3)10-6-4-9(5-7-10)8-11(24)25-17-15(22)13(20)12(19)14(21)16(17)23/h4-7H,8H2,1-3H3. The van der Waals surface area contributed by atoms with Gasteiger partial charge in [0.2, 0.25) is 34.8 Å². The maximum atomic E-state index is 13.5. The van der Waals surface area contributed by atoms with Crippen LogP contribution in [0.5, 0.6) is 5.75 Å². The van der Waals surface area contributed by atoms with E-state index in [1.54, 1.807) is 24.3 Å².